The van der Waals surface area contributed by atoms with E-state index in [4.69, 9.17) is 4.74 Å². The van der Waals surface area contributed by atoms with E-state index in [2.05, 4.69) is 11.1 Å². The van der Waals surface area contributed by atoms with Gasteiger partial charge in [0.25, 0.3) is 0 Å². The Bertz CT molecular complexity index is 861. The molecule has 104 valence electrons. The summed E-state index contributed by atoms with van der Waals surface area (Å²) in [6, 6.07) is 11.8. The first-order valence-corrected chi connectivity index (χ1v) is 7.10. The summed E-state index contributed by atoms with van der Waals surface area (Å²) >= 11 is 0. The quantitative estimate of drug-likeness (QED) is 0.727. The molecule has 0 saturated heterocycles. The minimum Gasteiger partial charge on any atom is -0.493 e. The summed E-state index contributed by atoms with van der Waals surface area (Å²) in [6.45, 7) is 2.75. The summed E-state index contributed by atoms with van der Waals surface area (Å²) in [5.74, 6) is 0.959. The van der Waals surface area contributed by atoms with Crippen LogP contribution in [0, 0.1) is 6.92 Å². The zero-order valence-electron chi connectivity index (χ0n) is 11.8. The fourth-order valence-corrected chi connectivity index (χ4v) is 2.91. The molecular weight excluding hydrogens is 262 g/mol. The van der Waals surface area contributed by atoms with Crippen LogP contribution in [0.15, 0.2) is 42.6 Å². The summed E-state index contributed by atoms with van der Waals surface area (Å²) in [7, 11) is 0. The maximum atomic E-state index is 12.7. The Hall–Kier alpha value is -2.55. The average molecular weight is 277 g/mol. The zero-order chi connectivity index (χ0) is 14.4. The first-order chi connectivity index (χ1) is 10.2. The van der Waals surface area contributed by atoms with Crippen LogP contribution in [-0.4, -0.2) is 17.4 Å². The Kier molecular flexibility index (Phi) is 2.61. The predicted molar refractivity (Wildman–Crippen MR) is 82.1 cm³/mol. The Morgan fingerprint density at radius 2 is 2.10 bits per heavy atom. The smallest absolute Gasteiger partial charge is 0.195 e. The van der Waals surface area contributed by atoms with Gasteiger partial charge in [0.1, 0.15) is 5.75 Å². The van der Waals surface area contributed by atoms with Crippen LogP contribution in [0.5, 0.6) is 5.75 Å². The Morgan fingerprint density at radius 1 is 1.19 bits per heavy atom. The lowest BCUT2D eigenvalue weighted by Crippen LogP contribution is -2.00. The minimum absolute atomic E-state index is 0.0554. The maximum Gasteiger partial charge on any atom is 0.195 e. The van der Waals surface area contributed by atoms with Crippen molar-refractivity contribution in [1.82, 2.24) is 4.98 Å². The number of aromatic nitrogens is 1. The Balaban J connectivity index is 1.79. The Morgan fingerprint density at radius 3 is 3.00 bits per heavy atom. The van der Waals surface area contributed by atoms with Gasteiger partial charge in [0.15, 0.2) is 5.78 Å². The molecule has 1 aliphatic heterocycles. The lowest BCUT2D eigenvalue weighted by molar-refractivity contribution is 0.104. The molecule has 0 atom stereocenters. The number of benzene rings is 2. The number of hydrogen-bond donors (Lipinski definition) is 1. The van der Waals surface area contributed by atoms with Crippen LogP contribution in [0.4, 0.5) is 0 Å². The number of ether oxygens (including phenoxy) is 1. The second kappa shape index (κ2) is 4.48. The molecule has 0 bridgehead atoms. The number of carbonyl (C=O) groups excluding carboxylic acids is 1. The van der Waals surface area contributed by atoms with Crippen LogP contribution in [0.1, 0.15) is 27.0 Å². The highest BCUT2D eigenvalue weighted by atomic mass is 16.5. The van der Waals surface area contributed by atoms with Crippen molar-refractivity contribution in [2.75, 3.05) is 6.61 Å². The normalized spacial score (nSPS) is 13.2. The molecule has 3 heteroatoms. The molecule has 0 saturated carbocycles. The summed E-state index contributed by atoms with van der Waals surface area (Å²) in [6.07, 6.45) is 2.68. The topological polar surface area (TPSA) is 42.1 Å². The lowest BCUT2D eigenvalue weighted by atomic mass is 9.99. The molecule has 3 aromatic rings. The van der Waals surface area contributed by atoms with Gasteiger partial charge in [-0.3, -0.25) is 4.79 Å². The number of ketones is 1. The van der Waals surface area contributed by atoms with Gasteiger partial charge in [-0.1, -0.05) is 12.1 Å². The van der Waals surface area contributed by atoms with Crippen LogP contribution in [-0.2, 0) is 6.42 Å². The van der Waals surface area contributed by atoms with Gasteiger partial charge in [-0.15, -0.1) is 0 Å². The van der Waals surface area contributed by atoms with E-state index < -0.39 is 0 Å². The molecule has 0 aliphatic carbocycles. The van der Waals surface area contributed by atoms with E-state index in [1.54, 1.807) is 6.20 Å². The maximum absolute atomic E-state index is 12.7. The van der Waals surface area contributed by atoms with Crippen LogP contribution in [0.3, 0.4) is 0 Å². The zero-order valence-corrected chi connectivity index (χ0v) is 11.8. The molecule has 0 unspecified atom stereocenters. The number of fused-ring (bicyclic) bond motifs is 2. The molecule has 1 aliphatic rings. The van der Waals surface area contributed by atoms with Crippen LogP contribution in [0.2, 0.25) is 0 Å². The number of aromatic amines is 1. The van der Waals surface area contributed by atoms with Crippen LogP contribution >= 0.6 is 0 Å². The molecule has 3 nitrogen and oxygen atoms in total. The Labute approximate surface area is 122 Å². The van der Waals surface area contributed by atoms with Crippen molar-refractivity contribution in [3.05, 3.63) is 64.8 Å². The monoisotopic (exact) mass is 277 g/mol. The van der Waals surface area contributed by atoms with E-state index in [0.717, 1.165) is 39.8 Å². The van der Waals surface area contributed by atoms with Gasteiger partial charge in [0.05, 0.1) is 6.61 Å². The number of hydrogen-bond acceptors (Lipinski definition) is 2. The number of rotatable bonds is 2. The molecule has 0 radical (unpaired) electrons. The third-order valence-electron chi connectivity index (χ3n) is 4.03. The molecule has 4 rings (SSSR count). The van der Waals surface area contributed by atoms with E-state index in [9.17, 15) is 4.79 Å². The van der Waals surface area contributed by atoms with E-state index in [1.165, 1.54) is 5.56 Å². The van der Waals surface area contributed by atoms with E-state index in [1.807, 2.05) is 37.3 Å². The predicted octanol–water partition coefficient (Wildman–Crippen LogP) is 3.64. The van der Waals surface area contributed by atoms with Crippen LogP contribution < -0.4 is 4.74 Å². The second-order valence-corrected chi connectivity index (χ2v) is 5.50. The van der Waals surface area contributed by atoms with Crippen LogP contribution in [0.25, 0.3) is 10.9 Å². The number of carbonyl (C=O) groups is 1. The summed E-state index contributed by atoms with van der Waals surface area (Å²) in [4.78, 5) is 15.9. The first-order valence-electron chi connectivity index (χ1n) is 7.10. The summed E-state index contributed by atoms with van der Waals surface area (Å²) < 4.78 is 5.49. The molecule has 1 aromatic heterocycles. The third kappa shape index (κ3) is 1.93. The van der Waals surface area contributed by atoms with Crippen molar-refractivity contribution in [3.8, 4) is 5.75 Å². The van der Waals surface area contributed by atoms with Crippen molar-refractivity contribution in [2.24, 2.45) is 0 Å². The molecule has 2 aromatic carbocycles. The largest absolute Gasteiger partial charge is 0.493 e. The SMILES string of the molecule is Cc1ccc2c(C(=O)c3ccc4c(c3)CCO4)c[nH]c2c1. The number of aryl methyl sites for hydroxylation is 1. The molecular formula is C18H15NO2. The van der Waals surface area contributed by atoms with Gasteiger partial charge in [-0.25, -0.2) is 0 Å². The highest BCUT2D eigenvalue weighted by Crippen LogP contribution is 2.28. The average Bonchev–Trinajstić information content (AvgIpc) is 3.11. The minimum atomic E-state index is 0.0554. The van der Waals surface area contributed by atoms with Gasteiger partial charge in [0, 0.05) is 34.6 Å². The first kappa shape index (κ1) is 12.2. The van der Waals surface area contributed by atoms with E-state index >= 15 is 0 Å². The van der Waals surface area contributed by atoms with Crippen molar-refractivity contribution in [2.45, 2.75) is 13.3 Å². The van der Waals surface area contributed by atoms with Gasteiger partial charge >= 0.3 is 0 Å². The summed E-state index contributed by atoms with van der Waals surface area (Å²) in [5.41, 5.74) is 4.75. The van der Waals surface area contributed by atoms with Gasteiger partial charge < -0.3 is 9.72 Å². The highest BCUT2D eigenvalue weighted by molar-refractivity contribution is 6.16. The van der Waals surface area contributed by atoms with Gasteiger partial charge in [-0.05, 0) is 42.3 Å². The van der Waals surface area contributed by atoms with Crippen molar-refractivity contribution < 1.29 is 9.53 Å². The highest BCUT2D eigenvalue weighted by Gasteiger charge is 2.18. The molecule has 1 N–H and O–H groups in total. The lowest BCUT2D eigenvalue weighted by Gasteiger charge is -2.03. The fraction of sp³-hybridized carbons (Fsp3) is 0.167. The summed E-state index contributed by atoms with van der Waals surface area (Å²) in [5, 5.41) is 0.974. The van der Waals surface area contributed by atoms with Crippen molar-refractivity contribution >= 4 is 16.7 Å². The number of nitrogens with one attached hydrogen (secondary N) is 1. The molecule has 0 amide bonds. The van der Waals surface area contributed by atoms with Crippen molar-refractivity contribution in [1.29, 1.82) is 0 Å². The van der Waals surface area contributed by atoms with Crippen molar-refractivity contribution in [3.63, 3.8) is 0 Å². The molecule has 0 spiro atoms. The fourth-order valence-electron chi connectivity index (χ4n) is 2.91. The second-order valence-electron chi connectivity index (χ2n) is 5.50. The van der Waals surface area contributed by atoms with E-state index in [0.29, 0.717) is 6.61 Å². The standard InChI is InChI=1S/C18H15NO2/c1-11-2-4-14-15(10-19-16(14)8-11)18(20)13-3-5-17-12(9-13)6-7-21-17/h2-5,8-10,19H,6-7H2,1H3. The van der Waals surface area contributed by atoms with Gasteiger partial charge in [0.2, 0.25) is 0 Å². The molecule has 21 heavy (non-hydrogen) atoms. The third-order valence-corrected chi connectivity index (χ3v) is 4.03. The number of H-pyrrole nitrogens is 1. The van der Waals surface area contributed by atoms with E-state index in [-0.39, 0.29) is 5.78 Å². The molecule has 0 fully saturated rings. The van der Waals surface area contributed by atoms with Gasteiger partial charge in [-0.2, -0.15) is 0 Å². The molecule has 2 heterocycles.